The molecule has 128 valence electrons. The van der Waals surface area contributed by atoms with Crippen molar-refractivity contribution in [1.82, 2.24) is 4.90 Å². The molecule has 2 rings (SSSR count). The van der Waals surface area contributed by atoms with Crippen molar-refractivity contribution in [2.24, 2.45) is 5.10 Å². The fraction of sp³-hybridized carbons (Fsp3) is 0.412. The Hall–Kier alpha value is -2.15. The second-order valence-corrected chi connectivity index (χ2v) is 7.22. The van der Waals surface area contributed by atoms with Crippen molar-refractivity contribution in [1.29, 1.82) is 0 Å². The number of hydrazone groups is 1. The summed E-state index contributed by atoms with van der Waals surface area (Å²) in [6.45, 7) is 4.20. The van der Waals surface area contributed by atoms with Crippen molar-refractivity contribution in [3.8, 4) is 0 Å². The van der Waals surface area contributed by atoms with E-state index < -0.39 is 0 Å². The summed E-state index contributed by atoms with van der Waals surface area (Å²) < 4.78 is 0. The highest BCUT2D eigenvalue weighted by molar-refractivity contribution is 8.14. The Morgan fingerprint density at radius 2 is 2.12 bits per heavy atom. The van der Waals surface area contributed by atoms with Gasteiger partial charge in [-0.3, -0.25) is 20.4 Å². The molecule has 7 heteroatoms. The number of hydrogen-bond donors (Lipinski definition) is 2. The molecule has 0 aromatic heterocycles. The number of benzene rings is 1. The van der Waals surface area contributed by atoms with Crippen LogP contribution in [-0.2, 0) is 4.79 Å². The Bertz CT molecular complexity index is 647. The predicted octanol–water partition coefficient (Wildman–Crippen LogP) is 1.19. The van der Waals surface area contributed by atoms with E-state index in [1.807, 2.05) is 24.0 Å². The third-order valence-electron chi connectivity index (χ3n) is 3.94. The minimum atomic E-state index is -0.0496. The lowest BCUT2D eigenvalue weighted by molar-refractivity contribution is -0.109. The van der Waals surface area contributed by atoms with E-state index in [0.717, 1.165) is 12.8 Å². The standard InChI is InChI=1S/C17H22N4O2S/c1-12-7-8-14(24-13(2)22)11-21(12)17(23)15-5-3-4-6-16(15)20-19-10-9-18/h3-6,9-10,12,14,18,20H,7-8,11H2,1-2H3/p+1/b18-9?,19-10-/t12-,14-/m1/s1. The van der Waals surface area contributed by atoms with Gasteiger partial charge in [-0.1, -0.05) is 23.9 Å². The number of carbonyl (C=O) groups is 2. The number of hydrogen-bond acceptors (Lipinski definition) is 5. The highest BCUT2D eigenvalue weighted by Crippen LogP contribution is 2.29. The maximum Gasteiger partial charge on any atom is 0.256 e. The number of piperidine rings is 1. The Morgan fingerprint density at radius 1 is 1.38 bits per heavy atom. The molecular weight excluding hydrogens is 324 g/mol. The summed E-state index contributed by atoms with van der Waals surface area (Å²) in [6.07, 6.45) is 4.58. The molecule has 1 aromatic carbocycles. The first-order chi connectivity index (χ1) is 11.5. The average molecular weight is 347 g/mol. The first-order valence-electron chi connectivity index (χ1n) is 7.92. The molecule has 1 saturated heterocycles. The zero-order chi connectivity index (χ0) is 17.5. The van der Waals surface area contributed by atoms with E-state index in [2.05, 4.69) is 10.5 Å². The number of nitrogens with one attached hydrogen (secondary N) is 1. The van der Waals surface area contributed by atoms with E-state index in [1.165, 1.54) is 24.2 Å². The second-order valence-electron chi connectivity index (χ2n) is 5.74. The molecule has 0 aliphatic carbocycles. The van der Waals surface area contributed by atoms with Crippen LogP contribution in [0.25, 0.3) is 0 Å². The van der Waals surface area contributed by atoms with E-state index in [1.54, 1.807) is 19.1 Å². The van der Waals surface area contributed by atoms with Gasteiger partial charge < -0.3 is 4.90 Å². The quantitative estimate of drug-likeness (QED) is 0.619. The van der Waals surface area contributed by atoms with Crippen LogP contribution in [0, 0.1) is 0 Å². The van der Waals surface area contributed by atoms with E-state index in [0.29, 0.717) is 17.8 Å². The van der Waals surface area contributed by atoms with E-state index in [4.69, 9.17) is 5.41 Å². The molecule has 1 heterocycles. The van der Waals surface area contributed by atoms with Gasteiger partial charge in [0.1, 0.15) is 6.21 Å². The number of para-hydroxylation sites is 1. The molecule has 1 aromatic rings. The van der Waals surface area contributed by atoms with Crippen LogP contribution in [0.1, 0.15) is 37.0 Å². The van der Waals surface area contributed by atoms with Crippen LogP contribution in [0.5, 0.6) is 0 Å². The van der Waals surface area contributed by atoms with Gasteiger partial charge in [0.15, 0.2) is 11.3 Å². The molecule has 0 radical (unpaired) electrons. The maximum absolute atomic E-state index is 13.0. The molecule has 0 spiro atoms. The van der Waals surface area contributed by atoms with Gasteiger partial charge in [0.25, 0.3) is 5.91 Å². The highest BCUT2D eigenvalue weighted by Gasteiger charge is 2.31. The Balaban J connectivity index is 2.18. The number of nitrogens with zero attached hydrogens (tertiary/aromatic N) is 2. The Labute approximate surface area is 146 Å². The summed E-state index contributed by atoms with van der Waals surface area (Å²) in [5.41, 5.74) is 4.04. The first kappa shape index (κ1) is 18.2. The summed E-state index contributed by atoms with van der Waals surface area (Å²) in [4.78, 5) is 26.2. The molecule has 0 bridgehead atoms. The van der Waals surface area contributed by atoms with Crippen LogP contribution in [0.2, 0.25) is 0 Å². The minimum absolute atomic E-state index is 0.0496. The smallest absolute Gasteiger partial charge is 0.256 e. The number of nitrogens with two attached hydrogens (primary N) is 1. The van der Waals surface area contributed by atoms with Crippen molar-refractivity contribution in [3.63, 3.8) is 0 Å². The zero-order valence-electron chi connectivity index (χ0n) is 13.9. The third kappa shape index (κ3) is 4.67. The van der Waals surface area contributed by atoms with Crippen LogP contribution < -0.4 is 10.8 Å². The molecule has 3 N–H and O–H groups in total. The number of likely N-dealkylation sites (tertiary alicyclic amines) is 1. The number of anilines is 1. The van der Waals surface area contributed by atoms with Crippen LogP contribution in [-0.4, -0.2) is 46.2 Å². The Morgan fingerprint density at radius 3 is 2.83 bits per heavy atom. The van der Waals surface area contributed by atoms with Gasteiger partial charge in [-0.2, -0.15) is 5.10 Å². The second kappa shape index (κ2) is 8.63. The van der Waals surface area contributed by atoms with Gasteiger partial charge in [-0.05, 0) is 31.9 Å². The SMILES string of the molecule is CC(=O)S[C@@H]1CC[C@@H](C)N(C(=O)c2ccccc2N/N=C\C=[NH2+])C1. The van der Waals surface area contributed by atoms with Crippen molar-refractivity contribution >= 4 is 40.9 Å². The van der Waals surface area contributed by atoms with Gasteiger partial charge in [0.05, 0.1) is 11.3 Å². The fourth-order valence-electron chi connectivity index (χ4n) is 2.76. The summed E-state index contributed by atoms with van der Waals surface area (Å²) in [7, 11) is 0. The summed E-state index contributed by atoms with van der Waals surface area (Å²) >= 11 is 1.32. The van der Waals surface area contributed by atoms with Gasteiger partial charge in [0, 0.05) is 24.8 Å². The molecular formula is C17H23N4O2S+. The van der Waals surface area contributed by atoms with Crippen LogP contribution in [0.3, 0.4) is 0 Å². The lowest BCUT2D eigenvalue weighted by Crippen LogP contribution is -2.47. The summed E-state index contributed by atoms with van der Waals surface area (Å²) in [5, 5.41) is 9.46. The van der Waals surface area contributed by atoms with Crippen LogP contribution in [0.15, 0.2) is 29.4 Å². The van der Waals surface area contributed by atoms with Crippen molar-refractivity contribution in [3.05, 3.63) is 29.8 Å². The number of amides is 1. The third-order valence-corrected chi connectivity index (χ3v) is 4.99. The molecule has 24 heavy (non-hydrogen) atoms. The van der Waals surface area contributed by atoms with Crippen molar-refractivity contribution < 1.29 is 15.0 Å². The average Bonchev–Trinajstić information content (AvgIpc) is 2.56. The molecule has 1 amide bonds. The fourth-order valence-corrected chi connectivity index (χ4v) is 3.72. The van der Waals surface area contributed by atoms with E-state index in [-0.39, 0.29) is 22.3 Å². The number of rotatable bonds is 5. The van der Waals surface area contributed by atoms with Gasteiger partial charge >= 0.3 is 0 Å². The lowest BCUT2D eigenvalue weighted by Gasteiger charge is -2.37. The summed E-state index contributed by atoms with van der Waals surface area (Å²) in [6, 6.07) is 7.40. The van der Waals surface area contributed by atoms with Gasteiger partial charge in [-0.25, -0.2) is 0 Å². The topological polar surface area (TPSA) is 87.4 Å². The van der Waals surface area contributed by atoms with E-state index >= 15 is 0 Å². The molecule has 1 fully saturated rings. The molecule has 2 atom stereocenters. The van der Waals surface area contributed by atoms with Crippen molar-refractivity contribution in [2.45, 2.75) is 38.0 Å². The van der Waals surface area contributed by atoms with Crippen LogP contribution >= 0.6 is 11.8 Å². The predicted molar refractivity (Wildman–Crippen MR) is 98.3 cm³/mol. The molecule has 1 aliphatic rings. The molecule has 0 saturated carbocycles. The normalized spacial score (nSPS) is 20.8. The molecule has 1 aliphatic heterocycles. The van der Waals surface area contributed by atoms with Crippen molar-refractivity contribution in [2.75, 3.05) is 12.0 Å². The maximum atomic E-state index is 13.0. The van der Waals surface area contributed by atoms with Gasteiger partial charge in [0.2, 0.25) is 0 Å². The molecule has 0 unspecified atom stereocenters. The lowest BCUT2D eigenvalue weighted by atomic mass is 10.0. The number of thioether (sulfide) groups is 1. The number of carbonyl (C=O) groups excluding carboxylic acids is 2. The monoisotopic (exact) mass is 347 g/mol. The summed E-state index contributed by atoms with van der Waals surface area (Å²) in [5.74, 6) is -0.0496. The first-order valence-corrected chi connectivity index (χ1v) is 8.80. The zero-order valence-corrected chi connectivity index (χ0v) is 14.8. The van der Waals surface area contributed by atoms with E-state index in [9.17, 15) is 9.59 Å². The largest absolute Gasteiger partial charge is 0.335 e. The van der Waals surface area contributed by atoms with Crippen LogP contribution in [0.4, 0.5) is 5.69 Å². The highest BCUT2D eigenvalue weighted by atomic mass is 32.2. The van der Waals surface area contributed by atoms with Gasteiger partial charge in [-0.15, -0.1) is 0 Å². The molecule has 6 nitrogen and oxygen atoms in total. The Kier molecular flexibility index (Phi) is 6.54. The minimum Gasteiger partial charge on any atom is -0.335 e.